The summed E-state index contributed by atoms with van der Waals surface area (Å²) >= 11 is 0. The van der Waals surface area contributed by atoms with E-state index >= 15 is 0 Å². The molecule has 0 spiro atoms. The number of carbonyl (C=O) groups is 2. The highest BCUT2D eigenvalue weighted by Gasteiger charge is 2.24. The molecular formula is C26H34N4O3. The molecule has 176 valence electrons. The molecule has 1 saturated carbocycles. The molecule has 1 aliphatic heterocycles. The molecule has 7 nitrogen and oxygen atoms in total. The number of pyridine rings is 1. The molecule has 0 unspecified atom stereocenters. The lowest BCUT2D eigenvalue weighted by Crippen LogP contribution is -2.41. The van der Waals surface area contributed by atoms with E-state index in [-0.39, 0.29) is 12.0 Å². The van der Waals surface area contributed by atoms with Gasteiger partial charge in [-0.2, -0.15) is 0 Å². The van der Waals surface area contributed by atoms with Gasteiger partial charge < -0.3 is 20.3 Å². The average Bonchev–Trinajstić information content (AvgIpc) is 3.35. The van der Waals surface area contributed by atoms with E-state index in [0.717, 1.165) is 37.1 Å². The van der Waals surface area contributed by atoms with Crippen molar-refractivity contribution in [3.63, 3.8) is 0 Å². The molecule has 0 atom stereocenters. The van der Waals surface area contributed by atoms with Gasteiger partial charge in [-0.1, -0.05) is 42.7 Å². The van der Waals surface area contributed by atoms with Gasteiger partial charge in [-0.05, 0) is 56.2 Å². The summed E-state index contributed by atoms with van der Waals surface area (Å²) in [7, 11) is 0. The molecule has 2 N–H and O–H groups in total. The monoisotopic (exact) mass is 450 g/mol. The molecular weight excluding hydrogens is 416 g/mol. The lowest BCUT2D eigenvalue weighted by atomic mass is 9.97. The van der Waals surface area contributed by atoms with Crippen LogP contribution in [0.4, 0.5) is 10.6 Å². The summed E-state index contributed by atoms with van der Waals surface area (Å²) in [5.74, 6) is 1.05. The maximum atomic E-state index is 12.6. The number of hydrogen-bond donors (Lipinski definition) is 2. The van der Waals surface area contributed by atoms with Gasteiger partial charge in [0.2, 0.25) is 0 Å². The van der Waals surface area contributed by atoms with Crippen molar-refractivity contribution in [2.45, 2.75) is 58.1 Å². The Hall–Kier alpha value is -3.09. The number of aryl methyl sites for hydroxylation is 1. The Labute approximate surface area is 195 Å². The molecule has 2 aromatic rings. The predicted molar refractivity (Wildman–Crippen MR) is 128 cm³/mol. The first-order valence-corrected chi connectivity index (χ1v) is 12.0. The van der Waals surface area contributed by atoms with Crippen molar-refractivity contribution in [1.29, 1.82) is 0 Å². The third kappa shape index (κ3) is 6.70. The van der Waals surface area contributed by atoms with Gasteiger partial charge in [-0.3, -0.25) is 4.79 Å². The van der Waals surface area contributed by atoms with Gasteiger partial charge in [0, 0.05) is 37.4 Å². The Morgan fingerprint density at radius 2 is 1.79 bits per heavy atom. The summed E-state index contributed by atoms with van der Waals surface area (Å²) in [4.78, 5) is 31.1. The first-order valence-electron chi connectivity index (χ1n) is 12.0. The van der Waals surface area contributed by atoms with Crippen molar-refractivity contribution in [2.24, 2.45) is 5.92 Å². The number of hydrogen-bond acceptors (Lipinski definition) is 5. The molecule has 1 saturated heterocycles. The molecule has 1 aromatic carbocycles. The number of nitrogens with zero attached hydrogens (tertiary/aromatic N) is 2. The summed E-state index contributed by atoms with van der Waals surface area (Å²) in [6.45, 7) is 4.23. The van der Waals surface area contributed by atoms with Crippen LogP contribution in [0, 0.1) is 12.8 Å². The number of amides is 2. The maximum Gasteiger partial charge on any atom is 0.410 e. The van der Waals surface area contributed by atoms with E-state index in [4.69, 9.17) is 4.74 Å². The maximum absolute atomic E-state index is 12.6. The van der Waals surface area contributed by atoms with Gasteiger partial charge in [0.05, 0.1) is 0 Å². The number of anilines is 1. The molecule has 2 aliphatic rings. The number of nitrogens with one attached hydrogen (secondary N) is 2. The number of rotatable bonds is 7. The van der Waals surface area contributed by atoms with E-state index in [9.17, 15) is 9.59 Å². The predicted octanol–water partition coefficient (Wildman–Crippen LogP) is 4.52. The van der Waals surface area contributed by atoms with Crippen LogP contribution in [0.15, 0.2) is 42.6 Å². The number of likely N-dealkylation sites (tertiary alicyclic amines) is 1. The van der Waals surface area contributed by atoms with E-state index in [2.05, 4.69) is 15.6 Å². The molecule has 2 heterocycles. The molecule has 7 heteroatoms. The highest BCUT2D eigenvalue weighted by molar-refractivity contribution is 5.94. The zero-order chi connectivity index (χ0) is 23.0. The quantitative estimate of drug-likeness (QED) is 0.648. The van der Waals surface area contributed by atoms with E-state index in [1.807, 2.05) is 37.3 Å². The molecule has 1 aromatic heterocycles. The van der Waals surface area contributed by atoms with Crippen LogP contribution in [0.2, 0.25) is 0 Å². The third-order valence-electron chi connectivity index (χ3n) is 6.64. The zero-order valence-electron chi connectivity index (χ0n) is 19.4. The van der Waals surface area contributed by atoms with Crippen LogP contribution in [0.5, 0.6) is 0 Å². The molecule has 1 aliphatic carbocycles. The molecule has 33 heavy (non-hydrogen) atoms. The first-order chi connectivity index (χ1) is 16.1. The van der Waals surface area contributed by atoms with Crippen molar-refractivity contribution in [3.05, 3.63) is 59.3 Å². The Morgan fingerprint density at radius 3 is 2.52 bits per heavy atom. The topological polar surface area (TPSA) is 83.6 Å². The number of benzene rings is 1. The van der Waals surface area contributed by atoms with E-state index in [1.165, 1.54) is 18.4 Å². The number of piperidine rings is 1. The third-order valence-corrected chi connectivity index (χ3v) is 6.64. The van der Waals surface area contributed by atoms with Crippen LogP contribution in [0.1, 0.15) is 60.0 Å². The SMILES string of the molecule is Cc1ccc(COC(=O)N2CCC(CNC(=O)c3ccnc(NC4CCCC4)c3)CC2)cc1. The van der Waals surface area contributed by atoms with Gasteiger partial charge in [0.1, 0.15) is 12.4 Å². The van der Waals surface area contributed by atoms with Crippen LogP contribution >= 0.6 is 0 Å². The normalized spacial score (nSPS) is 17.1. The standard InChI is InChI=1S/C26H34N4O3/c1-19-6-8-21(9-7-19)18-33-26(32)30-14-11-20(12-15-30)17-28-25(31)22-10-13-27-24(16-22)29-23-4-2-3-5-23/h6-10,13,16,20,23H,2-5,11-12,14-15,17-18H2,1H3,(H,27,29)(H,28,31). The fourth-order valence-electron chi connectivity index (χ4n) is 4.51. The number of aromatic nitrogens is 1. The summed E-state index contributed by atoms with van der Waals surface area (Å²) in [5, 5.41) is 6.50. The smallest absolute Gasteiger partial charge is 0.410 e. The second-order valence-corrected chi connectivity index (χ2v) is 9.24. The highest BCUT2D eigenvalue weighted by atomic mass is 16.6. The van der Waals surface area contributed by atoms with Crippen LogP contribution in [0.3, 0.4) is 0 Å². The minimum Gasteiger partial charge on any atom is -0.445 e. The van der Waals surface area contributed by atoms with Crippen molar-refractivity contribution < 1.29 is 14.3 Å². The lowest BCUT2D eigenvalue weighted by Gasteiger charge is -2.31. The summed E-state index contributed by atoms with van der Waals surface area (Å²) in [6.07, 6.45) is 7.95. The minimum absolute atomic E-state index is 0.0770. The Kier molecular flexibility index (Phi) is 7.81. The molecule has 4 rings (SSSR count). The van der Waals surface area contributed by atoms with Crippen molar-refractivity contribution in [3.8, 4) is 0 Å². The van der Waals surface area contributed by atoms with E-state index in [1.54, 1.807) is 17.2 Å². The van der Waals surface area contributed by atoms with Gasteiger partial charge in [0.25, 0.3) is 5.91 Å². The van der Waals surface area contributed by atoms with Crippen molar-refractivity contribution in [1.82, 2.24) is 15.2 Å². The Morgan fingerprint density at radius 1 is 1.06 bits per heavy atom. The van der Waals surface area contributed by atoms with Crippen molar-refractivity contribution in [2.75, 3.05) is 25.0 Å². The second-order valence-electron chi connectivity index (χ2n) is 9.24. The molecule has 2 amide bonds. The van der Waals surface area contributed by atoms with Gasteiger partial charge in [-0.15, -0.1) is 0 Å². The molecule has 0 radical (unpaired) electrons. The fourth-order valence-corrected chi connectivity index (χ4v) is 4.51. The second kappa shape index (κ2) is 11.2. The largest absolute Gasteiger partial charge is 0.445 e. The van der Waals surface area contributed by atoms with Crippen LogP contribution < -0.4 is 10.6 Å². The van der Waals surface area contributed by atoms with Crippen molar-refractivity contribution >= 4 is 17.8 Å². The molecule has 2 fully saturated rings. The highest BCUT2D eigenvalue weighted by Crippen LogP contribution is 2.22. The minimum atomic E-state index is -0.267. The van der Waals surface area contributed by atoms with E-state index in [0.29, 0.717) is 43.8 Å². The van der Waals surface area contributed by atoms with Gasteiger partial charge in [-0.25, -0.2) is 9.78 Å². The zero-order valence-corrected chi connectivity index (χ0v) is 19.4. The average molecular weight is 451 g/mol. The van der Waals surface area contributed by atoms with Crippen LogP contribution in [-0.4, -0.2) is 47.6 Å². The summed E-state index contributed by atoms with van der Waals surface area (Å²) in [5.41, 5.74) is 2.80. The summed E-state index contributed by atoms with van der Waals surface area (Å²) < 4.78 is 5.46. The Bertz CT molecular complexity index is 933. The Balaban J connectivity index is 1.17. The molecule has 0 bridgehead atoms. The van der Waals surface area contributed by atoms with Gasteiger partial charge in [0.15, 0.2) is 0 Å². The van der Waals surface area contributed by atoms with Crippen LogP contribution in [0.25, 0.3) is 0 Å². The number of carbonyl (C=O) groups excluding carboxylic acids is 2. The fraction of sp³-hybridized carbons (Fsp3) is 0.500. The van der Waals surface area contributed by atoms with Gasteiger partial charge >= 0.3 is 6.09 Å². The summed E-state index contributed by atoms with van der Waals surface area (Å²) in [6, 6.07) is 12.0. The number of ether oxygens (including phenoxy) is 1. The lowest BCUT2D eigenvalue weighted by molar-refractivity contribution is 0.0801. The van der Waals surface area contributed by atoms with Crippen LogP contribution in [-0.2, 0) is 11.3 Å². The first kappa shape index (κ1) is 23.1. The van der Waals surface area contributed by atoms with E-state index < -0.39 is 0 Å².